The molecule has 0 saturated heterocycles. The van der Waals surface area contributed by atoms with Crippen molar-refractivity contribution >= 4 is 5.97 Å². The Morgan fingerprint density at radius 3 is 2.44 bits per heavy atom. The van der Waals surface area contributed by atoms with Gasteiger partial charge in [0, 0.05) is 13.1 Å². The zero-order valence-electron chi connectivity index (χ0n) is 10.7. The van der Waals surface area contributed by atoms with Gasteiger partial charge in [0.25, 0.3) is 0 Å². The molecule has 0 spiro atoms. The van der Waals surface area contributed by atoms with Crippen LogP contribution in [0.25, 0.3) is 0 Å². The molecule has 0 aromatic rings. The fourth-order valence-corrected chi connectivity index (χ4v) is 1.67. The lowest BCUT2D eigenvalue weighted by Gasteiger charge is -2.21. The average Bonchev–Trinajstić information content (AvgIpc) is 2.19. The van der Waals surface area contributed by atoms with Gasteiger partial charge in [0.2, 0.25) is 0 Å². The van der Waals surface area contributed by atoms with Crippen LogP contribution in [0.3, 0.4) is 0 Å². The molecule has 0 unspecified atom stereocenters. The zero-order valence-corrected chi connectivity index (χ0v) is 10.7. The SMILES string of the molecule is C=C(C)CN(CCCCCC)CCC(=O)O. The minimum Gasteiger partial charge on any atom is -0.481 e. The standard InChI is InChI=1S/C13H25NO2/c1-4-5-6-7-9-14(11-12(2)3)10-8-13(15)16/h2,4-11H2,1,3H3,(H,15,16). The third-order valence-electron chi connectivity index (χ3n) is 2.46. The van der Waals surface area contributed by atoms with Gasteiger partial charge in [-0.05, 0) is 19.9 Å². The van der Waals surface area contributed by atoms with E-state index >= 15 is 0 Å². The highest BCUT2D eigenvalue weighted by molar-refractivity contribution is 5.66. The Kier molecular flexibility index (Phi) is 8.91. The van der Waals surface area contributed by atoms with Gasteiger partial charge in [-0.1, -0.05) is 38.3 Å². The summed E-state index contributed by atoms with van der Waals surface area (Å²) in [5.74, 6) is -0.722. The molecule has 0 heterocycles. The number of nitrogens with zero attached hydrogens (tertiary/aromatic N) is 1. The lowest BCUT2D eigenvalue weighted by atomic mass is 10.2. The van der Waals surface area contributed by atoms with Crippen molar-refractivity contribution in [1.29, 1.82) is 0 Å². The zero-order chi connectivity index (χ0) is 12.4. The molecule has 0 aromatic heterocycles. The summed E-state index contributed by atoms with van der Waals surface area (Å²) in [5.41, 5.74) is 1.10. The van der Waals surface area contributed by atoms with Crippen LogP contribution in [-0.2, 0) is 4.79 Å². The highest BCUT2D eigenvalue weighted by Gasteiger charge is 2.07. The highest BCUT2D eigenvalue weighted by Crippen LogP contribution is 2.04. The Morgan fingerprint density at radius 1 is 1.25 bits per heavy atom. The van der Waals surface area contributed by atoms with Crippen molar-refractivity contribution in [1.82, 2.24) is 4.90 Å². The second-order valence-electron chi connectivity index (χ2n) is 4.44. The summed E-state index contributed by atoms with van der Waals surface area (Å²) in [4.78, 5) is 12.7. The van der Waals surface area contributed by atoms with E-state index in [4.69, 9.17) is 5.11 Å². The highest BCUT2D eigenvalue weighted by atomic mass is 16.4. The van der Waals surface area contributed by atoms with Crippen molar-refractivity contribution in [3.63, 3.8) is 0 Å². The number of aliphatic carboxylic acids is 1. The van der Waals surface area contributed by atoms with Crippen molar-refractivity contribution in [2.75, 3.05) is 19.6 Å². The average molecular weight is 227 g/mol. The van der Waals surface area contributed by atoms with E-state index in [1.54, 1.807) is 0 Å². The van der Waals surface area contributed by atoms with Crippen molar-refractivity contribution < 1.29 is 9.90 Å². The van der Waals surface area contributed by atoms with Crippen LogP contribution in [0.2, 0.25) is 0 Å². The summed E-state index contributed by atoms with van der Waals surface area (Å²) in [5, 5.41) is 8.66. The van der Waals surface area contributed by atoms with E-state index in [1.807, 2.05) is 6.92 Å². The van der Waals surface area contributed by atoms with Crippen LogP contribution in [-0.4, -0.2) is 35.6 Å². The molecule has 0 saturated carbocycles. The molecule has 0 fully saturated rings. The second-order valence-corrected chi connectivity index (χ2v) is 4.44. The number of rotatable bonds is 10. The van der Waals surface area contributed by atoms with Gasteiger partial charge in [-0.25, -0.2) is 0 Å². The predicted molar refractivity (Wildman–Crippen MR) is 67.6 cm³/mol. The Hall–Kier alpha value is -0.830. The Labute approximate surface area is 99.1 Å². The largest absolute Gasteiger partial charge is 0.481 e. The minimum absolute atomic E-state index is 0.223. The smallest absolute Gasteiger partial charge is 0.304 e. The van der Waals surface area contributed by atoms with Gasteiger partial charge in [0.15, 0.2) is 0 Å². The molecule has 0 aromatic carbocycles. The van der Waals surface area contributed by atoms with Crippen molar-refractivity contribution in [3.8, 4) is 0 Å². The van der Waals surface area contributed by atoms with E-state index in [-0.39, 0.29) is 6.42 Å². The summed E-state index contributed by atoms with van der Waals surface area (Å²) in [6.45, 7) is 10.5. The second kappa shape index (κ2) is 9.40. The van der Waals surface area contributed by atoms with E-state index in [1.165, 1.54) is 19.3 Å². The van der Waals surface area contributed by atoms with Crippen molar-refractivity contribution in [2.45, 2.75) is 46.0 Å². The molecule has 94 valence electrons. The topological polar surface area (TPSA) is 40.5 Å². The van der Waals surface area contributed by atoms with Crippen LogP contribution in [0.5, 0.6) is 0 Å². The molecule has 0 aliphatic heterocycles. The normalized spacial score (nSPS) is 10.7. The quantitative estimate of drug-likeness (QED) is 0.461. The van der Waals surface area contributed by atoms with E-state index in [0.29, 0.717) is 6.54 Å². The van der Waals surface area contributed by atoms with Gasteiger partial charge in [-0.15, -0.1) is 0 Å². The maximum absolute atomic E-state index is 10.5. The molecule has 3 heteroatoms. The Balaban J connectivity index is 3.80. The molecular formula is C13H25NO2. The van der Waals surface area contributed by atoms with Gasteiger partial charge < -0.3 is 5.11 Å². The van der Waals surface area contributed by atoms with Crippen LogP contribution in [0.1, 0.15) is 46.0 Å². The van der Waals surface area contributed by atoms with Crippen LogP contribution < -0.4 is 0 Å². The number of carbonyl (C=O) groups is 1. The third-order valence-corrected chi connectivity index (χ3v) is 2.46. The number of hydrogen-bond donors (Lipinski definition) is 1. The molecule has 0 rings (SSSR count). The molecule has 3 nitrogen and oxygen atoms in total. The number of unbranched alkanes of at least 4 members (excludes halogenated alkanes) is 3. The molecule has 0 radical (unpaired) electrons. The van der Waals surface area contributed by atoms with E-state index in [0.717, 1.165) is 25.1 Å². The van der Waals surface area contributed by atoms with Gasteiger partial charge in [-0.2, -0.15) is 0 Å². The van der Waals surface area contributed by atoms with Crippen LogP contribution in [0.4, 0.5) is 0 Å². The Morgan fingerprint density at radius 2 is 1.94 bits per heavy atom. The summed E-state index contributed by atoms with van der Waals surface area (Å²) in [6.07, 6.45) is 5.10. The first-order valence-corrected chi connectivity index (χ1v) is 6.14. The predicted octanol–water partition coefficient (Wildman–Crippen LogP) is 2.92. The molecule has 16 heavy (non-hydrogen) atoms. The third kappa shape index (κ3) is 9.71. The molecule has 0 aliphatic rings. The molecule has 1 N–H and O–H groups in total. The lowest BCUT2D eigenvalue weighted by Crippen LogP contribution is -2.29. The van der Waals surface area contributed by atoms with Gasteiger partial charge >= 0.3 is 5.97 Å². The lowest BCUT2D eigenvalue weighted by molar-refractivity contribution is -0.137. The first kappa shape index (κ1) is 15.2. The molecule has 0 aliphatic carbocycles. The molecule has 0 bridgehead atoms. The molecule has 0 amide bonds. The van der Waals surface area contributed by atoms with Gasteiger partial charge in [0.05, 0.1) is 6.42 Å². The summed E-state index contributed by atoms with van der Waals surface area (Å²) >= 11 is 0. The van der Waals surface area contributed by atoms with Crippen molar-refractivity contribution in [2.24, 2.45) is 0 Å². The van der Waals surface area contributed by atoms with E-state index < -0.39 is 5.97 Å². The monoisotopic (exact) mass is 227 g/mol. The fourth-order valence-electron chi connectivity index (χ4n) is 1.67. The maximum atomic E-state index is 10.5. The summed E-state index contributed by atoms with van der Waals surface area (Å²) < 4.78 is 0. The minimum atomic E-state index is -0.722. The number of carboxylic acid groups (broad SMARTS) is 1. The van der Waals surface area contributed by atoms with Crippen LogP contribution >= 0.6 is 0 Å². The van der Waals surface area contributed by atoms with Crippen LogP contribution in [0.15, 0.2) is 12.2 Å². The van der Waals surface area contributed by atoms with Crippen molar-refractivity contribution in [3.05, 3.63) is 12.2 Å². The van der Waals surface area contributed by atoms with Gasteiger partial charge in [-0.3, -0.25) is 9.69 Å². The fraction of sp³-hybridized carbons (Fsp3) is 0.769. The van der Waals surface area contributed by atoms with E-state index in [2.05, 4.69) is 18.4 Å². The Bertz CT molecular complexity index is 214. The molecular weight excluding hydrogens is 202 g/mol. The van der Waals surface area contributed by atoms with E-state index in [9.17, 15) is 4.79 Å². The first-order chi connectivity index (χ1) is 7.56. The number of carboxylic acids is 1. The summed E-state index contributed by atoms with van der Waals surface area (Å²) in [6, 6.07) is 0. The maximum Gasteiger partial charge on any atom is 0.304 e. The van der Waals surface area contributed by atoms with Gasteiger partial charge in [0.1, 0.15) is 0 Å². The first-order valence-electron chi connectivity index (χ1n) is 6.14. The van der Waals surface area contributed by atoms with Crippen LogP contribution in [0, 0.1) is 0 Å². The summed E-state index contributed by atoms with van der Waals surface area (Å²) in [7, 11) is 0. The number of hydrogen-bond acceptors (Lipinski definition) is 2. The molecule has 0 atom stereocenters.